The van der Waals surface area contributed by atoms with E-state index in [-0.39, 0.29) is 0 Å². The Labute approximate surface area is 90.5 Å². The normalized spacial score (nSPS) is 36.9. The summed E-state index contributed by atoms with van der Waals surface area (Å²) in [6, 6.07) is 0. The van der Waals surface area contributed by atoms with Crippen LogP contribution >= 0.6 is 0 Å². The maximum Gasteiger partial charge on any atom is -0.0357 e. The Morgan fingerprint density at radius 3 is 1.86 bits per heavy atom. The molecule has 0 amide bonds. The zero-order chi connectivity index (χ0) is 10.6. The highest BCUT2D eigenvalue weighted by Gasteiger charge is 2.40. The van der Waals surface area contributed by atoms with Crippen LogP contribution in [0.15, 0.2) is 0 Å². The Hall–Kier alpha value is 0. The van der Waals surface area contributed by atoms with E-state index < -0.39 is 0 Å². The second-order valence-corrected chi connectivity index (χ2v) is 5.44. The molecule has 0 spiro atoms. The van der Waals surface area contributed by atoms with Gasteiger partial charge in [-0.2, -0.15) is 0 Å². The fourth-order valence-corrected chi connectivity index (χ4v) is 3.10. The molecule has 0 aromatic carbocycles. The van der Waals surface area contributed by atoms with Crippen molar-refractivity contribution in [2.45, 2.75) is 66.2 Å². The molecule has 1 saturated carbocycles. The first-order valence-electron chi connectivity index (χ1n) is 6.68. The van der Waals surface area contributed by atoms with E-state index in [1.54, 1.807) is 0 Å². The maximum absolute atomic E-state index is 2.45. The summed E-state index contributed by atoms with van der Waals surface area (Å²) in [4.78, 5) is 0. The van der Waals surface area contributed by atoms with Gasteiger partial charge in [0, 0.05) is 0 Å². The third-order valence-electron chi connectivity index (χ3n) is 4.65. The van der Waals surface area contributed by atoms with E-state index in [9.17, 15) is 0 Å². The summed E-state index contributed by atoms with van der Waals surface area (Å²) in [6.07, 6.45) is 8.71. The molecule has 1 aliphatic rings. The van der Waals surface area contributed by atoms with Crippen LogP contribution in [0, 0.1) is 23.7 Å². The minimum Gasteiger partial charge on any atom is -0.0654 e. The van der Waals surface area contributed by atoms with Gasteiger partial charge in [0.2, 0.25) is 0 Å². The highest BCUT2D eigenvalue weighted by molar-refractivity contribution is 4.89. The molecule has 0 N–H and O–H groups in total. The van der Waals surface area contributed by atoms with Crippen molar-refractivity contribution in [3.63, 3.8) is 0 Å². The molecule has 1 fully saturated rings. The van der Waals surface area contributed by atoms with Crippen molar-refractivity contribution in [3.05, 3.63) is 0 Å². The van der Waals surface area contributed by atoms with Crippen LogP contribution in [0.3, 0.4) is 0 Å². The molecular weight excluding hydrogens is 168 g/mol. The van der Waals surface area contributed by atoms with Crippen LogP contribution in [0.4, 0.5) is 0 Å². The van der Waals surface area contributed by atoms with Gasteiger partial charge in [-0.1, -0.05) is 59.8 Å². The molecule has 1 rings (SSSR count). The smallest absolute Gasteiger partial charge is 0.0357 e. The van der Waals surface area contributed by atoms with Crippen molar-refractivity contribution in [1.82, 2.24) is 0 Å². The lowest BCUT2D eigenvalue weighted by Gasteiger charge is -2.48. The summed E-state index contributed by atoms with van der Waals surface area (Å²) in [5, 5.41) is 0. The first-order valence-corrected chi connectivity index (χ1v) is 6.68. The molecule has 0 radical (unpaired) electrons. The highest BCUT2D eigenvalue weighted by Crippen LogP contribution is 2.47. The summed E-state index contributed by atoms with van der Waals surface area (Å²) >= 11 is 0. The van der Waals surface area contributed by atoms with Crippen molar-refractivity contribution < 1.29 is 0 Å². The molecule has 0 nitrogen and oxygen atoms in total. The van der Waals surface area contributed by atoms with Gasteiger partial charge in [-0.3, -0.25) is 0 Å². The monoisotopic (exact) mass is 196 g/mol. The predicted molar refractivity (Wildman–Crippen MR) is 64.4 cm³/mol. The molecule has 84 valence electrons. The minimum atomic E-state index is 0.982. The van der Waals surface area contributed by atoms with E-state index in [0.29, 0.717) is 0 Å². The molecule has 14 heavy (non-hydrogen) atoms. The molecule has 2 unspecified atom stereocenters. The molecule has 0 heterocycles. The zero-order valence-electron chi connectivity index (χ0n) is 10.6. The van der Waals surface area contributed by atoms with E-state index in [0.717, 1.165) is 23.7 Å². The lowest BCUT2D eigenvalue weighted by molar-refractivity contribution is 0.00793. The molecule has 0 heteroatoms. The van der Waals surface area contributed by atoms with Crippen LogP contribution in [0.25, 0.3) is 0 Å². The molecular formula is C14H28. The summed E-state index contributed by atoms with van der Waals surface area (Å²) < 4.78 is 0. The minimum absolute atomic E-state index is 0.982. The standard InChI is InChI=1S/C14H28/c1-5-6-7-8-9-10-14-12(3)11(2)13(14)4/h11-14H,5-10H2,1-4H3. The maximum atomic E-state index is 2.45. The Bertz CT molecular complexity index is 140. The fraction of sp³-hybridized carbons (Fsp3) is 1.00. The van der Waals surface area contributed by atoms with Crippen LogP contribution in [0.5, 0.6) is 0 Å². The van der Waals surface area contributed by atoms with Gasteiger partial charge >= 0.3 is 0 Å². The average Bonchev–Trinajstić information content (AvgIpc) is 2.22. The molecule has 0 aromatic rings. The van der Waals surface area contributed by atoms with Crippen molar-refractivity contribution in [2.24, 2.45) is 23.7 Å². The lowest BCUT2D eigenvalue weighted by atomic mass is 9.57. The third-order valence-corrected chi connectivity index (χ3v) is 4.65. The largest absolute Gasteiger partial charge is 0.0654 e. The molecule has 2 atom stereocenters. The van der Waals surface area contributed by atoms with E-state index >= 15 is 0 Å². The van der Waals surface area contributed by atoms with E-state index in [1.165, 1.54) is 38.5 Å². The number of rotatable bonds is 6. The van der Waals surface area contributed by atoms with Gasteiger partial charge in [0.05, 0.1) is 0 Å². The Morgan fingerprint density at radius 1 is 0.714 bits per heavy atom. The topological polar surface area (TPSA) is 0 Å². The molecule has 0 aliphatic heterocycles. The molecule has 1 aliphatic carbocycles. The molecule has 0 aromatic heterocycles. The van der Waals surface area contributed by atoms with Crippen molar-refractivity contribution >= 4 is 0 Å². The van der Waals surface area contributed by atoms with Gasteiger partial charge in [0.25, 0.3) is 0 Å². The second kappa shape index (κ2) is 5.78. The van der Waals surface area contributed by atoms with E-state index in [4.69, 9.17) is 0 Å². The highest BCUT2D eigenvalue weighted by atomic mass is 14.5. The lowest BCUT2D eigenvalue weighted by Crippen LogP contribution is -2.41. The Kier molecular flexibility index (Phi) is 4.98. The van der Waals surface area contributed by atoms with Gasteiger partial charge in [-0.25, -0.2) is 0 Å². The van der Waals surface area contributed by atoms with Crippen LogP contribution in [-0.2, 0) is 0 Å². The van der Waals surface area contributed by atoms with Gasteiger partial charge in [0.15, 0.2) is 0 Å². The summed E-state index contributed by atoms with van der Waals surface area (Å²) in [7, 11) is 0. The predicted octanol–water partition coefficient (Wildman–Crippen LogP) is 4.89. The summed E-state index contributed by atoms with van der Waals surface area (Å²) in [5.41, 5.74) is 0. The van der Waals surface area contributed by atoms with Crippen LogP contribution < -0.4 is 0 Å². The van der Waals surface area contributed by atoms with Gasteiger partial charge in [0.1, 0.15) is 0 Å². The van der Waals surface area contributed by atoms with Crippen LogP contribution in [-0.4, -0.2) is 0 Å². The first kappa shape index (κ1) is 12.1. The average molecular weight is 196 g/mol. The number of hydrogen-bond donors (Lipinski definition) is 0. The van der Waals surface area contributed by atoms with Gasteiger partial charge < -0.3 is 0 Å². The fourth-order valence-electron chi connectivity index (χ4n) is 3.10. The van der Waals surface area contributed by atoms with Crippen molar-refractivity contribution in [2.75, 3.05) is 0 Å². The Morgan fingerprint density at radius 2 is 1.29 bits per heavy atom. The number of unbranched alkanes of at least 4 members (excludes halogenated alkanes) is 4. The SMILES string of the molecule is CCCCCCCC1C(C)C(C)C1C. The number of hydrogen-bond acceptors (Lipinski definition) is 0. The van der Waals surface area contributed by atoms with Crippen LogP contribution in [0.2, 0.25) is 0 Å². The van der Waals surface area contributed by atoms with Gasteiger partial charge in [-0.05, 0) is 30.1 Å². The molecule has 0 bridgehead atoms. The van der Waals surface area contributed by atoms with Gasteiger partial charge in [-0.15, -0.1) is 0 Å². The zero-order valence-corrected chi connectivity index (χ0v) is 10.6. The Balaban J connectivity index is 2.02. The quantitative estimate of drug-likeness (QED) is 0.531. The van der Waals surface area contributed by atoms with Crippen molar-refractivity contribution in [3.8, 4) is 0 Å². The van der Waals surface area contributed by atoms with E-state index in [2.05, 4.69) is 27.7 Å². The third kappa shape index (κ3) is 2.74. The van der Waals surface area contributed by atoms with Crippen molar-refractivity contribution in [1.29, 1.82) is 0 Å². The van der Waals surface area contributed by atoms with Crippen LogP contribution in [0.1, 0.15) is 66.2 Å². The summed E-state index contributed by atoms with van der Waals surface area (Å²) in [6.45, 7) is 9.60. The molecule has 0 saturated heterocycles. The second-order valence-electron chi connectivity index (χ2n) is 5.44. The summed E-state index contributed by atoms with van der Waals surface area (Å²) in [5.74, 6) is 4.02. The first-order chi connectivity index (χ1) is 6.68. The van der Waals surface area contributed by atoms with E-state index in [1.807, 2.05) is 0 Å².